The van der Waals surface area contributed by atoms with Crippen molar-refractivity contribution in [1.29, 1.82) is 0 Å². The molecule has 10 heteroatoms. The number of nitrogens with zero attached hydrogens (tertiary/aromatic N) is 3. The molecule has 1 amide bonds. The van der Waals surface area contributed by atoms with Crippen molar-refractivity contribution < 1.29 is 14.3 Å². The molecule has 0 radical (unpaired) electrons. The number of ether oxygens (including phenoxy) is 1. The number of aryl methyl sites for hydroxylation is 2. The van der Waals surface area contributed by atoms with Gasteiger partial charge in [-0.1, -0.05) is 18.2 Å². The lowest BCUT2D eigenvalue weighted by Gasteiger charge is -2.17. The summed E-state index contributed by atoms with van der Waals surface area (Å²) in [5.41, 5.74) is 1.51. The van der Waals surface area contributed by atoms with Crippen molar-refractivity contribution in [1.82, 2.24) is 15.0 Å². The first-order valence-corrected chi connectivity index (χ1v) is 11.0. The molecule has 0 aliphatic heterocycles. The van der Waals surface area contributed by atoms with Crippen molar-refractivity contribution in [3.8, 4) is 0 Å². The van der Waals surface area contributed by atoms with Gasteiger partial charge in [0.25, 0.3) is 5.56 Å². The number of carbonyl (C=O) groups excluding carboxylic acids is 2. The van der Waals surface area contributed by atoms with Gasteiger partial charge in [0.1, 0.15) is 22.1 Å². The number of hydrogen-bond donors (Lipinski definition) is 1. The summed E-state index contributed by atoms with van der Waals surface area (Å²) in [5.74, 6) is -0.223. The predicted molar refractivity (Wildman–Crippen MR) is 120 cm³/mol. The Kier molecular flexibility index (Phi) is 5.66. The fourth-order valence-electron chi connectivity index (χ4n) is 3.12. The molecule has 3 heterocycles. The number of hydrogen-bond acceptors (Lipinski definition) is 8. The fraction of sp³-hybridized carbons (Fsp3) is 0.190. The van der Waals surface area contributed by atoms with Crippen molar-refractivity contribution in [3.63, 3.8) is 0 Å². The molecule has 31 heavy (non-hydrogen) atoms. The third-order valence-electron chi connectivity index (χ3n) is 4.52. The minimum atomic E-state index is -0.543. The van der Waals surface area contributed by atoms with Gasteiger partial charge in [0.15, 0.2) is 5.13 Å². The normalized spacial score (nSPS) is 10.9. The molecule has 4 aromatic rings. The number of fused-ring (bicyclic) bond motifs is 1. The van der Waals surface area contributed by atoms with E-state index in [9.17, 15) is 14.4 Å². The van der Waals surface area contributed by atoms with Crippen LogP contribution in [-0.4, -0.2) is 26.8 Å². The number of H-pyrrole nitrogens is 1. The van der Waals surface area contributed by atoms with Gasteiger partial charge in [-0.3, -0.25) is 14.5 Å². The Morgan fingerprint density at radius 1 is 1.16 bits per heavy atom. The van der Waals surface area contributed by atoms with Gasteiger partial charge in [0.2, 0.25) is 5.91 Å². The van der Waals surface area contributed by atoms with Crippen LogP contribution in [0.15, 0.2) is 40.5 Å². The summed E-state index contributed by atoms with van der Waals surface area (Å²) >= 11 is 2.42. The van der Waals surface area contributed by atoms with Crippen LogP contribution in [-0.2, 0) is 16.1 Å². The van der Waals surface area contributed by atoms with Crippen LogP contribution in [0.3, 0.4) is 0 Å². The molecule has 0 spiro atoms. The van der Waals surface area contributed by atoms with E-state index in [0.29, 0.717) is 43.0 Å². The largest absolute Gasteiger partial charge is 0.455 e. The zero-order valence-corrected chi connectivity index (χ0v) is 18.6. The van der Waals surface area contributed by atoms with E-state index in [1.165, 1.54) is 23.2 Å². The number of thiophene rings is 1. The number of rotatable bonds is 5. The van der Waals surface area contributed by atoms with E-state index < -0.39 is 5.97 Å². The second kappa shape index (κ2) is 8.40. The molecule has 0 unspecified atom stereocenters. The molecule has 0 aliphatic rings. The summed E-state index contributed by atoms with van der Waals surface area (Å²) in [6, 6.07) is 9.20. The number of amides is 1. The molecule has 8 nitrogen and oxygen atoms in total. The molecule has 0 saturated heterocycles. The lowest BCUT2D eigenvalue weighted by atomic mass is 10.2. The summed E-state index contributed by atoms with van der Waals surface area (Å²) in [6.07, 6.45) is 0. The molecule has 4 rings (SSSR count). The summed E-state index contributed by atoms with van der Waals surface area (Å²) in [4.78, 5) is 50.7. The average molecular weight is 455 g/mol. The van der Waals surface area contributed by atoms with E-state index in [0.717, 1.165) is 11.3 Å². The lowest BCUT2D eigenvalue weighted by Crippen LogP contribution is -2.22. The second-order valence-electron chi connectivity index (χ2n) is 6.78. The Balaban J connectivity index is 1.52. The Bertz CT molecular complexity index is 1340. The van der Waals surface area contributed by atoms with Crippen LogP contribution in [0, 0.1) is 13.8 Å². The monoisotopic (exact) mass is 454 g/mol. The van der Waals surface area contributed by atoms with Crippen LogP contribution in [0.4, 0.5) is 10.8 Å². The van der Waals surface area contributed by atoms with Crippen LogP contribution in [0.1, 0.15) is 33.7 Å². The van der Waals surface area contributed by atoms with Gasteiger partial charge in [-0.25, -0.2) is 14.8 Å². The van der Waals surface area contributed by atoms with E-state index in [1.807, 2.05) is 30.3 Å². The summed E-state index contributed by atoms with van der Waals surface area (Å²) < 4.78 is 5.43. The van der Waals surface area contributed by atoms with Gasteiger partial charge in [0.05, 0.1) is 16.8 Å². The standard InChI is InChI=1S/C21H18N4O4S2/c1-11-16-18(27)22-12(2)23-19(16)31-17(11)20(28)29-9-14-10-30-21(24-14)25(13(3)26)15-7-5-4-6-8-15/h4-8,10H,9H2,1-3H3,(H,22,23,27). The zero-order chi connectivity index (χ0) is 22.1. The summed E-state index contributed by atoms with van der Waals surface area (Å²) in [7, 11) is 0. The molecule has 0 saturated carbocycles. The van der Waals surface area contributed by atoms with E-state index in [2.05, 4.69) is 15.0 Å². The maximum absolute atomic E-state index is 12.6. The van der Waals surface area contributed by atoms with E-state index in [-0.39, 0.29) is 18.1 Å². The number of benzene rings is 1. The first-order chi connectivity index (χ1) is 14.8. The van der Waals surface area contributed by atoms with Gasteiger partial charge in [-0.2, -0.15) is 0 Å². The van der Waals surface area contributed by atoms with Crippen LogP contribution in [0.5, 0.6) is 0 Å². The van der Waals surface area contributed by atoms with Crippen LogP contribution >= 0.6 is 22.7 Å². The molecule has 0 atom stereocenters. The van der Waals surface area contributed by atoms with Gasteiger partial charge in [-0.05, 0) is 31.5 Å². The first-order valence-electron chi connectivity index (χ1n) is 9.32. The number of carbonyl (C=O) groups is 2. The van der Waals surface area contributed by atoms with Gasteiger partial charge in [-0.15, -0.1) is 22.7 Å². The molecule has 3 aromatic heterocycles. The highest BCUT2D eigenvalue weighted by molar-refractivity contribution is 7.20. The van der Waals surface area contributed by atoms with E-state index in [4.69, 9.17) is 4.74 Å². The molecule has 1 N–H and O–H groups in total. The van der Waals surface area contributed by atoms with E-state index >= 15 is 0 Å². The van der Waals surface area contributed by atoms with Crippen molar-refractivity contribution in [2.24, 2.45) is 0 Å². The highest BCUT2D eigenvalue weighted by atomic mass is 32.1. The van der Waals surface area contributed by atoms with Gasteiger partial charge in [0, 0.05) is 12.3 Å². The number of nitrogens with one attached hydrogen (secondary N) is 1. The third kappa shape index (κ3) is 4.12. The smallest absolute Gasteiger partial charge is 0.349 e. The minimum absolute atomic E-state index is 0.0492. The molecule has 158 valence electrons. The van der Waals surface area contributed by atoms with Crippen molar-refractivity contribution in [3.05, 3.63) is 68.0 Å². The Morgan fingerprint density at radius 3 is 2.61 bits per heavy atom. The molecule has 0 aliphatic carbocycles. The highest BCUT2D eigenvalue weighted by Crippen LogP contribution is 2.30. The SMILES string of the molecule is CC(=O)N(c1ccccc1)c1nc(COC(=O)c2sc3nc(C)[nH]c(=O)c3c2C)cs1. The van der Waals surface area contributed by atoms with Crippen LogP contribution < -0.4 is 10.5 Å². The highest BCUT2D eigenvalue weighted by Gasteiger charge is 2.21. The molecule has 1 aromatic carbocycles. The number of aromatic amines is 1. The predicted octanol–water partition coefficient (Wildman–Crippen LogP) is 4.10. The Hall–Kier alpha value is -3.37. The maximum Gasteiger partial charge on any atom is 0.349 e. The number of para-hydroxylation sites is 1. The minimum Gasteiger partial charge on any atom is -0.455 e. The molecular formula is C21H18N4O4S2. The fourth-order valence-corrected chi connectivity index (χ4v) is 5.11. The maximum atomic E-state index is 12.6. The van der Waals surface area contributed by atoms with E-state index in [1.54, 1.807) is 19.2 Å². The molecular weight excluding hydrogens is 436 g/mol. The lowest BCUT2D eigenvalue weighted by molar-refractivity contribution is -0.115. The van der Waals surface area contributed by atoms with Crippen molar-refractivity contribution >= 4 is 55.6 Å². The summed E-state index contributed by atoms with van der Waals surface area (Å²) in [5, 5.41) is 2.64. The van der Waals surface area contributed by atoms with Crippen molar-refractivity contribution in [2.45, 2.75) is 27.4 Å². The zero-order valence-electron chi connectivity index (χ0n) is 17.0. The average Bonchev–Trinajstić information content (AvgIpc) is 3.31. The van der Waals surface area contributed by atoms with Gasteiger partial charge < -0.3 is 9.72 Å². The number of aromatic nitrogens is 3. The van der Waals surface area contributed by atoms with Crippen LogP contribution in [0.25, 0.3) is 10.2 Å². The topological polar surface area (TPSA) is 105 Å². The third-order valence-corrected chi connectivity index (χ3v) is 6.56. The number of anilines is 2. The Labute approximate surface area is 185 Å². The number of thiazole rings is 1. The second-order valence-corrected chi connectivity index (χ2v) is 8.61. The van der Waals surface area contributed by atoms with Crippen LogP contribution in [0.2, 0.25) is 0 Å². The number of esters is 1. The quantitative estimate of drug-likeness (QED) is 0.455. The molecule has 0 fully saturated rings. The Morgan fingerprint density at radius 2 is 1.90 bits per heavy atom. The van der Waals surface area contributed by atoms with Crippen molar-refractivity contribution in [2.75, 3.05) is 4.90 Å². The first kappa shape index (κ1) is 20.9. The molecule has 0 bridgehead atoms. The van der Waals surface area contributed by atoms with Gasteiger partial charge >= 0.3 is 5.97 Å². The summed E-state index contributed by atoms with van der Waals surface area (Å²) in [6.45, 7) is 4.81.